The van der Waals surface area contributed by atoms with Gasteiger partial charge < -0.3 is 52.1 Å². The van der Waals surface area contributed by atoms with Gasteiger partial charge >= 0.3 is 0 Å². The fourth-order valence-electron chi connectivity index (χ4n) is 13.1. The third-order valence-corrected chi connectivity index (χ3v) is 19.3. The maximum absolute atomic E-state index is 7.28. The van der Waals surface area contributed by atoms with E-state index in [0.717, 1.165) is 25.7 Å². The van der Waals surface area contributed by atoms with Gasteiger partial charge in [0.05, 0.1) is 67.1 Å². The van der Waals surface area contributed by atoms with Crippen LogP contribution in [0, 0.1) is 82.9 Å². The Morgan fingerprint density at radius 1 is 0.284 bits per heavy atom. The van der Waals surface area contributed by atoms with Crippen molar-refractivity contribution in [1.82, 2.24) is 0 Å². The normalized spacial score (nSPS) is 53.5. The van der Waals surface area contributed by atoms with Crippen LogP contribution in [0.5, 0.6) is 0 Å². The van der Waals surface area contributed by atoms with Gasteiger partial charge in [0.1, 0.15) is 6.10 Å². The minimum Gasteiger partial charge on any atom is -0.372 e. The molecule has 0 spiro atoms. The Bertz CT molecular complexity index is 1500. The van der Waals surface area contributed by atoms with Crippen LogP contribution < -0.4 is 0 Å². The molecule has 0 saturated carbocycles. The smallest absolute Gasteiger partial charge is 0.184 e. The Hall–Kier alpha value is -0.440. The van der Waals surface area contributed by atoms with Crippen LogP contribution in [0.3, 0.4) is 0 Å². The molecule has 0 radical (unpaired) electrons. The molecule has 0 amide bonds. The lowest BCUT2D eigenvalue weighted by Crippen LogP contribution is -2.60. The SMILES string of the molecule is CCC1OC(C(C)C)C(C)[C@@H](C)[C@@H]1O[C@@H]1OC(CC)[C@H](O[C@H]2OC(CC)[C@H](C)[C@H](O[C@@H]3OC(C)[C@H](C)[C@H](O[C@@H]4OC(CC)[C@H](C)[C@H](C)C4O[C@@H]4OC(C)C(C)[C@H](C)C4C)C3C)C2C)[C@H](C)C1C. The summed E-state index contributed by atoms with van der Waals surface area (Å²) in [5.74, 6) is 3.22. The summed E-state index contributed by atoms with van der Waals surface area (Å²) in [5, 5.41) is 0. The highest BCUT2D eigenvalue weighted by Crippen LogP contribution is 2.46. The van der Waals surface area contributed by atoms with Gasteiger partial charge in [-0.2, -0.15) is 0 Å². The Morgan fingerprint density at radius 3 is 1.19 bits per heavy atom. The predicted molar refractivity (Wildman–Crippen MR) is 263 cm³/mol. The van der Waals surface area contributed by atoms with Gasteiger partial charge in [-0.05, 0) is 86.9 Å². The zero-order chi connectivity index (χ0) is 49.5. The molecular formula is C56H102O11. The minimum absolute atomic E-state index is 0.0292. The van der Waals surface area contributed by atoms with Crippen molar-refractivity contribution >= 4 is 0 Å². The summed E-state index contributed by atoms with van der Waals surface area (Å²) in [7, 11) is 0. The first kappa shape index (κ1) is 55.9. The molecule has 11 heteroatoms. The van der Waals surface area contributed by atoms with Crippen LogP contribution in [0.1, 0.15) is 171 Å². The van der Waals surface area contributed by atoms with E-state index in [0.29, 0.717) is 35.5 Å². The maximum Gasteiger partial charge on any atom is 0.184 e. The summed E-state index contributed by atoms with van der Waals surface area (Å²) in [6, 6.07) is 0. The van der Waals surface area contributed by atoms with Gasteiger partial charge in [-0.25, -0.2) is 0 Å². The lowest BCUT2D eigenvalue weighted by Gasteiger charge is -2.53. The van der Waals surface area contributed by atoms with E-state index >= 15 is 0 Å². The molecule has 0 aromatic carbocycles. The maximum atomic E-state index is 7.28. The van der Waals surface area contributed by atoms with E-state index in [1.54, 1.807) is 0 Å². The predicted octanol–water partition coefficient (Wildman–Crippen LogP) is 11.9. The second-order valence-corrected chi connectivity index (χ2v) is 23.7. The van der Waals surface area contributed by atoms with Gasteiger partial charge in [0.15, 0.2) is 31.5 Å². The highest BCUT2D eigenvalue weighted by molar-refractivity contribution is 4.96. The average Bonchev–Trinajstić information content (AvgIpc) is 3.30. The van der Waals surface area contributed by atoms with Gasteiger partial charge in [-0.15, -0.1) is 0 Å². The van der Waals surface area contributed by atoms with E-state index in [4.69, 9.17) is 52.1 Å². The Morgan fingerprint density at radius 2 is 0.642 bits per heavy atom. The minimum atomic E-state index is -0.548. The standard InChI is InChI=1S/C56H102O11/c1-22-42-29(9)30(10)51(67-52-34(14)27(7)28(8)40(20)57-52)56(61-42)64-47-36(16)41(21)58-54(38(47)18)63-48-37(17)43(23-2)60-55(39(48)19)66-50-33(13)35(15)53(62-45(50)25-4)65-49-32(12)31(11)46(26(5)6)59-44(49)24-3/h26-56H,22-25H2,1-21H3/t27-,28?,29+,30-,31?,32+,33+,34?,35?,36-,37-,38?,39?,40?,41?,42?,43?,44?,45?,46?,47-,48-,49-,50+,51?,52-,53-,54-,55+,56-/m0/s1. The summed E-state index contributed by atoms with van der Waals surface area (Å²) >= 11 is 0. The second kappa shape index (κ2) is 23.6. The van der Waals surface area contributed by atoms with Crippen molar-refractivity contribution in [3.8, 4) is 0 Å². The van der Waals surface area contributed by atoms with Crippen LogP contribution in [0.4, 0.5) is 0 Å². The molecule has 30 atom stereocenters. The van der Waals surface area contributed by atoms with Crippen LogP contribution in [-0.2, 0) is 52.1 Å². The monoisotopic (exact) mass is 951 g/mol. The summed E-state index contributed by atoms with van der Waals surface area (Å²) in [5.41, 5.74) is 0. The average molecular weight is 951 g/mol. The van der Waals surface area contributed by atoms with E-state index in [1.807, 2.05) is 0 Å². The van der Waals surface area contributed by atoms with Gasteiger partial charge in [0, 0.05) is 35.5 Å². The van der Waals surface area contributed by atoms with Crippen molar-refractivity contribution < 1.29 is 52.1 Å². The zero-order valence-corrected chi connectivity index (χ0v) is 46.2. The van der Waals surface area contributed by atoms with Crippen molar-refractivity contribution in [3.05, 3.63) is 0 Å². The number of hydrogen-bond donors (Lipinski definition) is 0. The molecule has 6 fully saturated rings. The highest BCUT2D eigenvalue weighted by atomic mass is 16.8. The van der Waals surface area contributed by atoms with E-state index < -0.39 is 18.9 Å². The van der Waals surface area contributed by atoms with E-state index in [2.05, 4.69) is 145 Å². The van der Waals surface area contributed by atoms with Crippen molar-refractivity contribution in [2.45, 2.75) is 276 Å². The van der Waals surface area contributed by atoms with E-state index in [-0.39, 0.29) is 133 Å². The summed E-state index contributed by atoms with van der Waals surface area (Å²) in [6.07, 6.45) is 0.588. The molecule has 6 rings (SSSR count). The van der Waals surface area contributed by atoms with Gasteiger partial charge in [-0.3, -0.25) is 0 Å². The molecule has 6 aliphatic heterocycles. The molecule has 67 heavy (non-hydrogen) atoms. The third-order valence-electron chi connectivity index (χ3n) is 19.3. The lowest BCUT2D eigenvalue weighted by atomic mass is 9.77. The molecule has 14 unspecified atom stereocenters. The van der Waals surface area contributed by atoms with Gasteiger partial charge in [0.25, 0.3) is 0 Å². The highest BCUT2D eigenvalue weighted by Gasteiger charge is 2.54. The molecule has 6 heterocycles. The molecular weight excluding hydrogens is 849 g/mol. The fraction of sp³-hybridized carbons (Fsp3) is 1.00. The first-order valence-corrected chi connectivity index (χ1v) is 27.8. The molecule has 0 aromatic rings. The molecule has 0 aromatic heterocycles. The van der Waals surface area contributed by atoms with Crippen LogP contribution in [-0.4, -0.2) is 105 Å². The van der Waals surface area contributed by atoms with Crippen molar-refractivity contribution in [1.29, 1.82) is 0 Å². The summed E-state index contributed by atoms with van der Waals surface area (Å²) < 4.78 is 76.7. The fourth-order valence-corrected chi connectivity index (χ4v) is 13.1. The molecule has 11 nitrogen and oxygen atoms in total. The van der Waals surface area contributed by atoms with Crippen LogP contribution in [0.2, 0.25) is 0 Å². The van der Waals surface area contributed by atoms with Crippen molar-refractivity contribution in [2.75, 3.05) is 0 Å². The molecule has 0 bridgehead atoms. The molecule has 0 aliphatic carbocycles. The summed E-state index contributed by atoms with van der Waals surface area (Å²) in [4.78, 5) is 0. The van der Waals surface area contributed by atoms with E-state index in [1.165, 1.54) is 0 Å². The Balaban J connectivity index is 1.16. The van der Waals surface area contributed by atoms with Gasteiger partial charge in [-0.1, -0.05) is 132 Å². The molecule has 6 aliphatic rings. The Labute approximate surface area is 409 Å². The first-order valence-electron chi connectivity index (χ1n) is 27.8. The Kier molecular flexibility index (Phi) is 19.7. The van der Waals surface area contributed by atoms with Crippen LogP contribution in [0.15, 0.2) is 0 Å². The first-order chi connectivity index (χ1) is 31.6. The summed E-state index contributed by atoms with van der Waals surface area (Å²) in [6.45, 7) is 47.3. The molecule has 0 N–H and O–H groups in total. The van der Waals surface area contributed by atoms with Crippen LogP contribution >= 0.6 is 0 Å². The largest absolute Gasteiger partial charge is 0.372 e. The van der Waals surface area contributed by atoms with E-state index in [9.17, 15) is 0 Å². The van der Waals surface area contributed by atoms with Gasteiger partial charge in [0.2, 0.25) is 0 Å². The molecule has 392 valence electrons. The van der Waals surface area contributed by atoms with Crippen molar-refractivity contribution in [2.24, 2.45) is 82.9 Å². The zero-order valence-electron chi connectivity index (χ0n) is 46.2. The second-order valence-electron chi connectivity index (χ2n) is 23.7. The molecule has 6 saturated heterocycles. The number of rotatable bonds is 15. The van der Waals surface area contributed by atoms with Crippen molar-refractivity contribution in [3.63, 3.8) is 0 Å². The van der Waals surface area contributed by atoms with Crippen LogP contribution in [0.25, 0.3) is 0 Å². The lowest BCUT2D eigenvalue weighted by molar-refractivity contribution is -0.372. The quantitative estimate of drug-likeness (QED) is 0.157. The topological polar surface area (TPSA) is 102 Å². The third kappa shape index (κ3) is 11.5. The number of hydrogen-bond acceptors (Lipinski definition) is 11. The number of ether oxygens (including phenoxy) is 11.